The first-order valence-corrected chi connectivity index (χ1v) is 6.01. The van der Waals surface area contributed by atoms with E-state index in [4.69, 9.17) is 0 Å². The third-order valence-electron chi connectivity index (χ3n) is 2.21. The lowest BCUT2D eigenvalue weighted by Crippen LogP contribution is -1.79. The van der Waals surface area contributed by atoms with E-state index in [0.717, 1.165) is 0 Å². The summed E-state index contributed by atoms with van der Waals surface area (Å²) in [6, 6.07) is 15.1. The molecule has 0 atom stereocenters. The Balaban J connectivity index is 2.43. The summed E-state index contributed by atoms with van der Waals surface area (Å²) in [7, 11) is 0. The van der Waals surface area contributed by atoms with E-state index in [9.17, 15) is 0 Å². The van der Waals surface area contributed by atoms with Crippen LogP contribution in [0.2, 0.25) is 0 Å². The number of fused-ring (bicyclic) bond motifs is 1. The molecule has 0 N–H and O–H groups in total. The highest BCUT2D eigenvalue weighted by molar-refractivity contribution is 7.99. The van der Waals surface area contributed by atoms with Gasteiger partial charge in [0.2, 0.25) is 0 Å². The molecule has 0 saturated heterocycles. The number of benzene rings is 2. The van der Waals surface area contributed by atoms with Crippen molar-refractivity contribution in [3.05, 3.63) is 42.5 Å². The van der Waals surface area contributed by atoms with Crippen molar-refractivity contribution in [1.29, 1.82) is 0 Å². The number of thioether (sulfide) groups is 1. The smallest absolute Gasteiger partial charge is 0.0150 e. The summed E-state index contributed by atoms with van der Waals surface area (Å²) in [6.07, 6.45) is 1.23. The van der Waals surface area contributed by atoms with Gasteiger partial charge >= 0.3 is 0 Å². The standard InChI is InChI=1S/C13H14S/c1-2-10-14-13-9-5-7-11-6-3-4-8-12(11)13/h3-9H,2,10H2,1H3. The Hall–Kier alpha value is -0.950. The molecule has 72 valence electrons. The van der Waals surface area contributed by atoms with E-state index in [1.807, 2.05) is 11.8 Å². The lowest BCUT2D eigenvalue weighted by atomic mass is 10.1. The van der Waals surface area contributed by atoms with Gasteiger partial charge in [-0.25, -0.2) is 0 Å². The van der Waals surface area contributed by atoms with Gasteiger partial charge in [0.25, 0.3) is 0 Å². The minimum Gasteiger partial charge on any atom is -0.126 e. The third-order valence-corrected chi connectivity index (χ3v) is 3.49. The lowest BCUT2D eigenvalue weighted by molar-refractivity contribution is 1.11. The van der Waals surface area contributed by atoms with E-state index in [1.54, 1.807) is 0 Å². The fourth-order valence-electron chi connectivity index (χ4n) is 1.53. The molecule has 0 aliphatic heterocycles. The van der Waals surface area contributed by atoms with Crippen molar-refractivity contribution < 1.29 is 0 Å². The predicted molar refractivity (Wildman–Crippen MR) is 65.0 cm³/mol. The van der Waals surface area contributed by atoms with E-state index in [1.165, 1.54) is 27.8 Å². The molecule has 0 aliphatic carbocycles. The van der Waals surface area contributed by atoms with Gasteiger partial charge in [0.05, 0.1) is 0 Å². The molecule has 0 spiro atoms. The first kappa shape index (κ1) is 9.60. The molecule has 0 amide bonds. The topological polar surface area (TPSA) is 0 Å². The maximum Gasteiger partial charge on any atom is 0.0150 e. The van der Waals surface area contributed by atoms with E-state index in [2.05, 4.69) is 49.4 Å². The molecule has 0 nitrogen and oxygen atoms in total. The number of hydrogen-bond donors (Lipinski definition) is 0. The van der Waals surface area contributed by atoms with Crippen LogP contribution in [0.5, 0.6) is 0 Å². The Labute approximate surface area is 89.3 Å². The minimum absolute atomic E-state index is 1.20. The van der Waals surface area contributed by atoms with Crippen LogP contribution in [-0.4, -0.2) is 5.75 Å². The van der Waals surface area contributed by atoms with E-state index in [-0.39, 0.29) is 0 Å². The van der Waals surface area contributed by atoms with Crippen LogP contribution in [0.1, 0.15) is 13.3 Å². The van der Waals surface area contributed by atoms with Crippen LogP contribution < -0.4 is 0 Å². The third kappa shape index (κ3) is 1.93. The molecule has 2 aromatic rings. The first-order valence-electron chi connectivity index (χ1n) is 5.02. The van der Waals surface area contributed by atoms with Crippen molar-refractivity contribution in [3.8, 4) is 0 Å². The van der Waals surface area contributed by atoms with Crippen LogP contribution >= 0.6 is 11.8 Å². The highest BCUT2D eigenvalue weighted by atomic mass is 32.2. The maximum absolute atomic E-state index is 2.22. The lowest BCUT2D eigenvalue weighted by Gasteiger charge is -2.04. The first-order chi connectivity index (χ1) is 6.92. The summed E-state index contributed by atoms with van der Waals surface area (Å²) < 4.78 is 0. The molecule has 14 heavy (non-hydrogen) atoms. The zero-order chi connectivity index (χ0) is 9.80. The molecule has 0 unspecified atom stereocenters. The summed E-state index contributed by atoms with van der Waals surface area (Å²) in [5.74, 6) is 1.20. The fourth-order valence-corrected chi connectivity index (χ4v) is 2.47. The molecular weight excluding hydrogens is 188 g/mol. The Kier molecular flexibility index (Phi) is 3.10. The van der Waals surface area contributed by atoms with Crippen LogP contribution in [0.3, 0.4) is 0 Å². The zero-order valence-corrected chi connectivity index (χ0v) is 9.18. The van der Waals surface area contributed by atoms with E-state index in [0.29, 0.717) is 0 Å². The van der Waals surface area contributed by atoms with Gasteiger partial charge in [0.15, 0.2) is 0 Å². The van der Waals surface area contributed by atoms with Gasteiger partial charge < -0.3 is 0 Å². The molecule has 2 rings (SSSR count). The van der Waals surface area contributed by atoms with Crippen molar-refractivity contribution in [3.63, 3.8) is 0 Å². The second-order valence-corrected chi connectivity index (χ2v) is 4.46. The van der Waals surface area contributed by atoms with Crippen molar-refractivity contribution >= 4 is 22.5 Å². The van der Waals surface area contributed by atoms with Gasteiger partial charge in [-0.2, -0.15) is 0 Å². The average Bonchev–Trinajstić information content (AvgIpc) is 2.26. The van der Waals surface area contributed by atoms with Crippen LogP contribution in [0.25, 0.3) is 10.8 Å². The quantitative estimate of drug-likeness (QED) is 0.667. The Morgan fingerprint density at radius 1 is 1.00 bits per heavy atom. The van der Waals surface area contributed by atoms with Crippen LogP contribution in [-0.2, 0) is 0 Å². The molecule has 0 saturated carbocycles. The summed E-state index contributed by atoms with van der Waals surface area (Å²) in [4.78, 5) is 1.41. The molecule has 0 bridgehead atoms. The average molecular weight is 202 g/mol. The van der Waals surface area contributed by atoms with Crippen molar-refractivity contribution in [2.75, 3.05) is 5.75 Å². The molecule has 0 heterocycles. The summed E-state index contributed by atoms with van der Waals surface area (Å²) in [5, 5.41) is 2.72. The molecule has 2 aromatic carbocycles. The molecule has 0 fully saturated rings. The van der Waals surface area contributed by atoms with Crippen LogP contribution in [0, 0.1) is 0 Å². The summed E-state index contributed by atoms with van der Waals surface area (Å²) >= 11 is 1.95. The second-order valence-electron chi connectivity index (χ2n) is 3.33. The van der Waals surface area contributed by atoms with E-state index >= 15 is 0 Å². The van der Waals surface area contributed by atoms with Gasteiger partial charge in [0.1, 0.15) is 0 Å². The van der Waals surface area contributed by atoms with Gasteiger partial charge in [0, 0.05) is 4.90 Å². The number of rotatable bonds is 3. The summed E-state index contributed by atoms with van der Waals surface area (Å²) in [5.41, 5.74) is 0. The zero-order valence-electron chi connectivity index (χ0n) is 8.36. The van der Waals surface area contributed by atoms with E-state index < -0.39 is 0 Å². The number of hydrogen-bond acceptors (Lipinski definition) is 1. The van der Waals surface area contributed by atoms with Crippen molar-refractivity contribution in [2.24, 2.45) is 0 Å². The van der Waals surface area contributed by atoms with Gasteiger partial charge in [-0.3, -0.25) is 0 Å². The van der Waals surface area contributed by atoms with Crippen molar-refractivity contribution in [1.82, 2.24) is 0 Å². The van der Waals surface area contributed by atoms with Gasteiger partial charge in [-0.1, -0.05) is 43.3 Å². The Morgan fingerprint density at radius 2 is 1.79 bits per heavy atom. The molecular formula is C13H14S. The fraction of sp³-hybridized carbons (Fsp3) is 0.231. The second kappa shape index (κ2) is 4.52. The summed E-state index contributed by atoms with van der Waals surface area (Å²) in [6.45, 7) is 2.22. The SMILES string of the molecule is CCCSc1cccc2ccccc12. The minimum atomic E-state index is 1.20. The monoisotopic (exact) mass is 202 g/mol. The maximum atomic E-state index is 2.22. The Morgan fingerprint density at radius 3 is 2.64 bits per heavy atom. The molecule has 0 aromatic heterocycles. The molecule has 1 heteroatoms. The predicted octanol–water partition coefficient (Wildman–Crippen LogP) is 4.34. The Bertz CT molecular complexity index is 415. The van der Waals surface area contributed by atoms with Crippen molar-refractivity contribution in [2.45, 2.75) is 18.2 Å². The van der Waals surface area contributed by atoms with Gasteiger partial charge in [-0.05, 0) is 29.0 Å². The van der Waals surface area contributed by atoms with Crippen LogP contribution in [0.4, 0.5) is 0 Å². The van der Waals surface area contributed by atoms with Gasteiger partial charge in [-0.15, -0.1) is 11.8 Å². The highest BCUT2D eigenvalue weighted by Gasteiger charge is 1.98. The normalized spacial score (nSPS) is 10.6. The molecule has 0 radical (unpaired) electrons. The highest BCUT2D eigenvalue weighted by Crippen LogP contribution is 2.27. The largest absolute Gasteiger partial charge is 0.126 e. The van der Waals surface area contributed by atoms with Crippen LogP contribution in [0.15, 0.2) is 47.4 Å². The molecule has 0 aliphatic rings.